The lowest BCUT2D eigenvalue weighted by Gasteiger charge is -2.32. The van der Waals surface area contributed by atoms with E-state index in [9.17, 15) is 8.42 Å². The zero-order valence-corrected chi connectivity index (χ0v) is 13.8. The van der Waals surface area contributed by atoms with Gasteiger partial charge in [0.1, 0.15) is 0 Å². The average Bonchev–Trinajstić information content (AvgIpc) is 3.17. The van der Waals surface area contributed by atoms with E-state index in [4.69, 9.17) is 5.14 Å². The Morgan fingerprint density at radius 1 is 1.33 bits per heavy atom. The second-order valence-corrected chi connectivity index (χ2v) is 8.76. The van der Waals surface area contributed by atoms with Crippen LogP contribution in [0.4, 0.5) is 5.13 Å². The summed E-state index contributed by atoms with van der Waals surface area (Å²) in [5.74, 6) is 0.905. The molecule has 0 bridgehead atoms. The first kappa shape index (κ1) is 15.2. The standard InChI is InChI=1S/C13H22N4O2S2/c1-9-12(21(14,18)19)20-13(16-9)17-6-4-11(5-7-17)15-8-10-2-3-10/h10-11,15H,2-8H2,1H3,(H2,14,18,19). The molecule has 3 N–H and O–H groups in total. The molecule has 0 radical (unpaired) electrons. The smallest absolute Gasteiger partial charge is 0.249 e. The Balaban J connectivity index is 1.58. The number of aromatic nitrogens is 1. The van der Waals surface area contributed by atoms with Crippen molar-refractivity contribution in [2.75, 3.05) is 24.5 Å². The molecule has 1 aromatic heterocycles. The first-order valence-corrected chi connectivity index (χ1v) is 9.78. The lowest BCUT2D eigenvalue weighted by molar-refractivity contribution is 0.408. The van der Waals surface area contributed by atoms with Crippen molar-refractivity contribution in [3.63, 3.8) is 0 Å². The third-order valence-electron chi connectivity index (χ3n) is 4.16. The fourth-order valence-corrected chi connectivity index (χ4v) is 4.70. The summed E-state index contributed by atoms with van der Waals surface area (Å²) in [7, 11) is -3.66. The van der Waals surface area contributed by atoms with Gasteiger partial charge in [-0.15, -0.1) is 0 Å². The molecule has 0 spiro atoms. The Kier molecular flexibility index (Phi) is 4.22. The summed E-state index contributed by atoms with van der Waals surface area (Å²) in [6, 6.07) is 0.584. The van der Waals surface area contributed by atoms with E-state index in [0.29, 0.717) is 11.7 Å². The van der Waals surface area contributed by atoms with E-state index >= 15 is 0 Å². The Hall–Kier alpha value is -0.700. The quantitative estimate of drug-likeness (QED) is 0.843. The number of rotatable bonds is 5. The van der Waals surface area contributed by atoms with Gasteiger partial charge in [-0.25, -0.2) is 18.5 Å². The van der Waals surface area contributed by atoms with Crippen molar-refractivity contribution in [1.29, 1.82) is 0 Å². The van der Waals surface area contributed by atoms with E-state index in [-0.39, 0.29) is 4.21 Å². The highest BCUT2D eigenvalue weighted by molar-refractivity contribution is 7.91. The summed E-state index contributed by atoms with van der Waals surface area (Å²) in [4.78, 5) is 6.54. The van der Waals surface area contributed by atoms with Gasteiger partial charge in [0.05, 0.1) is 5.69 Å². The number of sulfonamides is 1. The van der Waals surface area contributed by atoms with Crippen LogP contribution in [-0.4, -0.2) is 39.1 Å². The van der Waals surface area contributed by atoms with Gasteiger partial charge in [0.15, 0.2) is 9.34 Å². The molecule has 1 aromatic rings. The average molecular weight is 330 g/mol. The fourth-order valence-electron chi connectivity index (χ4n) is 2.70. The van der Waals surface area contributed by atoms with Gasteiger partial charge < -0.3 is 10.2 Å². The minimum atomic E-state index is -3.66. The van der Waals surface area contributed by atoms with Crippen molar-refractivity contribution < 1.29 is 8.42 Å². The Morgan fingerprint density at radius 2 is 2.00 bits per heavy atom. The number of piperidine rings is 1. The number of aryl methyl sites for hydroxylation is 1. The number of primary sulfonamides is 1. The van der Waals surface area contributed by atoms with E-state index in [1.54, 1.807) is 6.92 Å². The van der Waals surface area contributed by atoms with Gasteiger partial charge in [-0.3, -0.25) is 0 Å². The summed E-state index contributed by atoms with van der Waals surface area (Å²) in [5, 5.41) is 9.62. The van der Waals surface area contributed by atoms with Crippen LogP contribution < -0.4 is 15.4 Å². The number of nitrogens with one attached hydrogen (secondary N) is 1. The Morgan fingerprint density at radius 3 is 2.52 bits per heavy atom. The molecule has 2 aliphatic rings. The van der Waals surface area contributed by atoms with Crippen LogP contribution in [0.15, 0.2) is 4.21 Å². The second kappa shape index (κ2) is 5.83. The molecular weight excluding hydrogens is 308 g/mol. The van der Waals surface area contributed by atoms with Crippen LogP contribution >= 0.6 is 11.3 Å². The molecule has 8 heteroatoms. The Labute approximate surface area is 129 Å². The molecule has 0 atom stereocenters. The van der Waals surface area contributed by atoms with Crippen LogP contribution in [-0.2, 0) is 10.0 Å². The Bertz CT molecular complexity index is 602. The minimum absolute atomic E-state index is 0.187. The van der Waals surface area contributed by atoms with Crippen LogP contribution in [0.2, 0.25) is 0 Å². The van der Waals surface area contributed by atoms with Crippen LogP contribution in [0.25, 0.3) is 0 Å². The van der Waals surface area contributed by atoms with Gasteiger partial charge in [0, 0.05) is 19.1 Å². The van der Waals surface area contributed by atoms with Crippen molar-refractivity contribution in [3.8, 4) is 0 Å². The van der Waals surface area contributed by atoms with Crippen molar-refractivity contribution in [2.24, 2.45) is 11.1 Å². The molecule has 0 unspecified atom stereocenters. The van der Waals surface area contributed by atoms with Gasteiger partial charge in [-0.2, -0.15) is 0 Å². The van der Waals surface area contributed by atoms with Gasteiger partial charge >= 0.3 is 0 Å². The molecule has 2 heterocycles. The molecule has 3 rings (SSSR count). The molecule has 118 valence electrons. The van der Waals surface area contributed by atoms with Crippen molar-refractivity contribution in [3.05, 3.63) is 5.69 Å². The van der Waals surface area contributed by atoms with Gasteiger partial charge in [-0.1, -0.05) is 11.3 Å². The van der Waals surface area contributed by atoms with Crippen molar-refractivity contribution in [2.45, 2.75) is 42.9 Å². The fraction of sp³-hybridized carbons (Fsp3) is 0.769. The van der Waals surface area contributed by atoms with E-state index in [1.165, 1.54) is 24.2 Å². The minimum Gasteiger partial charge on any atom is -0.348 e. The molecule has 1 aliphatic heterocycles. The summed E-state index contributed by atoms with van der Waals surface area (Å²) in [6.07, 6.45) is 4.91. The van der Waals surface area contributed by atoms with E-state index in [2.05, 4.69) is 15.2 Å². The predicted molar refractivity (Wildman–Crippen MR) is 84.2 cm³/mol. The number of anilines is 1. The molecule has 1 saturated heterocycles. The maximum atomic E-state index is 11.5. The molecule has 0 amide bonds. The summed E-state index contributed by atoms with van der Waals surface area (Å²) in [6.45, 7) is 4.68. The monoisotopic (exact) mass is 330 g/mol. The maximum Gasteiger partial charge on any atom is 0.249 e. The summed E-state index contributed by atoms with van der Waals surface area (Å²) >= 11 is 1.18. The normalized spacial score (nSPS) is 21.0. The van der Waals surface area contributed by atoms with Crippen LogP contribution in [0.1, 0.15) is 31.4 Å². The van der Waals surface area contributed by atoms with Crippen LogP contribution in [0.5, 0.6) is 0 Å². The zero-order valence-electron chi connectivity index (χ0n) is 12.2. The SMILES string of the molecule is Cc1nc(N2CCC(NCC3CC3)CC2)sc1S(N)(=O)=O. The number of hydrogen-bond acceptors (Lipinski definition) is 6. The predicted octanol–water partition coefficient (Wildman–Crippen LogP) is 1.07. The zero-order chi connectivity index (χ0) is 15.0. The van der Waals surface area contributed by atoms with E-state index in [1.807, 2.05) is 0 Å². The van der Waals surface area contributed by atoms with Crippen LogP contribution in [0.3, 0.4) is 0 Å². The van der Waals surface area contributed by atoms with Crippen molar-refractivity contribution in [1.82, 2.24) is 10.3 Å². The van der Waals surface area contributed by atoms with Gasteiger partial charge in [0.25, 0.3) is 0 Å². The molecule has 21 heavy (non-hydrogen) atoms. The van der Waals surface area contributed by atoms with E-state index in [0.717, 1.165) is 43.5 Å². The number of nitrogens with zero attached hydrogens (tertiary/aromatic N) is 2. The lowest BCUT2D eigenvalue weighted by atomic mass is 10.1. The highest BCUT2D eigenvalue weighted by atomic mass is 32.2. The van der Waals surface area contributed by atoms with Crippen molar-refractivity contribution >= 4 is 26.5 Å². The first-order valence-electron chi connectivity index (χ1n) is 7.42. The lowest BCUT2D eigenvalue weighted by Crippen LogP contribution is -2.43. The third-order valence-corrected chi connectivity index (χ3v) is 6.93. The number of thiazole rings is 1. The molecule has 1 saturated carbocycles. The molecule has 6 nitrogen and oxygen atoms in total. The van der Waals surface area contributed by atoms with E-state index < -0.39 is 10.0 Å². The summed E-state index contributed by atoms with van der Waals surface area (Å²) < 4.78 is 23.1. The highest BCUT2D eigenvalue weighted by Crippen LogP contribution is 2.31. The number of nitrogens with two attached hydrogens (primary N) is 1. The summed E-state index contributed by atoms with van der Waals surface area (Å²) in [5.41, 5.74) is 0.506. The van der Waals surface area contributed by atoms with Gasteiger partial charge in [-0.05, 0) is 45.1 Å². The second-order valence-electron chi connectivity index (χ2n) is 6.03. The molecule has 0 aromatic carbocycles. The van der Waals surface area contributed by atoms with Gasteiger partial charge in [0.2, 0.25) is 10.0 Å². The van der Waals surface area contributed by atoms with Crippen LogP contribution in [0, 0.1) is 12.8 Å². The molecular formula is C13H22N4O2S2. The third kappa shape index (κ3) is 3.74. The number of hydrogen-bond donors (Lipinski definition) is 2. The topological polar surface area (TPSA) is 88.3 Å². The largest absolute Gasteiger partial charge is 0.348 e. The highest BCUT2D eigenvalue weighted by Gasteiger charge is 2.26. The first-order chi connectivity index (χ1) is 9.93. The maximum absolute atomic E-state index is 11.5. The molecule has 2 fully saturated rings. The molecule has 1 aliphatic carbocycles.